The lowest BCUT2D eigenvalue weighted by molar-refractivity contribution is -0.149. The van der Waals surface area contributed by atoms with E-state index in [2.05, 4.69) is 0 Å². The van der Waals surface area contributed by atoms with Crippen LogP contribution in [0.15, 0.2) is 17.0 Å². The number of esters is 1. The summed E-state index contributed by atoms with van der Waals surface area (Å²) in [6.07, 6.45) is 1.19. The number of nitrogens with zero attached hydrogens (tertiary/aromatic N) is 1. The van der Waals surface area contributed by atoms with Gasteiger partial charge in [0.25, 0.3) is 11.1 Å². The van der Waals surface area contributed by atoms with Crippen LogP contribution < -0.4 is 9.47 Å². The van der Waals surface area contributed by atoms with Gasteiger partial charge in [0.2, 0.25) is 0 Å². The first-order valence-corrected chi connectivity index (χ1v) is 9.41. The second-order valence-corrected chi connectivity index (χ2v) is 7.17. The van der Waals surface area contributed by atoms with Crippen molar-refractivity contribution in [3.8, 4) is 11.5 Å². The lowest BCUT2D eigenvalue weighted by Gasteiger charge is -2.13. The molecule has 1 aromatic carbocycles. The monoisotopic (exact) mass is 413 g/mol. The Morgan fingerprint density at radius 2 is 2.04 bits per heavy atom. The van der Waals surface area contributed by atoms with E-state index in [-0.39, 0.29) is 11.0 Å². The average Bonchev–Trinajstić information content (AvgIpc) is 2.82. The van der Waals surface area contributed by atoms with Gasteiger partial charge in [-0.05, 0) is 56.3 Å². The molecule has 7 nitrogen and oxygen atoms in total. The van der Waals surface area contributed by atoms with Gasteiger partial charge in [0.1, 0.15) is 6.54 Å². The molecular weight excluding hydrogens is 394 g/mol. The number of ether oxygens (including phenoxy) is 3. The third-order valence-electron chi connectivity index (χ3n) is 3.36. The Bertz CT molecular complexity index is 792. The van der Waals surface area contributed by atoms with E-state index in [1.807, 2.05) is 6.92 Å². The number of hydrogen-bond acceptors (Lipinski definition) is 7. The number of halogens is 1. The highest BCUT2D eigenvalue weighted by atomic mass is 35.5. The highest BCUT2D eigenvalue weighted by molar-refractivity contribution is 8.18. The van der Waals surface area contributed by atoms with Gasteiger partial charge in [-0.1, -0.05) is 11.6 Å². The van der Waals surface area contributed by atoms with Crippen LogP contribution in [0, 0.1) is 0 Å². The minimum Gasteiger partial charge on any atom is -0.491 e. The van der Waals surface area contributed by atoms with E-state index in [1.165, 1.54) is 13.2 Å². The molecule has 0 aromatic heterocycles. The van der Waals surface area contributed by atoms with Crippen LogP contribution in [-0.4, -0.2) is 48.4 Å². The van der Waals surface area contributed by atoms with Gasteiger partial charge < -0.3 is 14.2 Å². The van der Waals surface area contributed by atoms with E-state index in [1.54, 1.807) is 26.0 Å². The van der Waals surface area contributed by atoms with Gasteiger partial charge in [-0.3, -0.25) is 19.3 Å². The maximum atomic E-state index is 12.5. The molecule has 0 saturated carbocycles. The minimum atomic E-state index is -0.639. The number of amides is 2. The zero-order chi connectivity index (χ0) is 20.1. The number of imide groups is 1. The Kier molecular flexibility index (Phi) is 7.15. The Morgan fingerprint density at radius 1 is 1.33 bits per heavy atom. The first-order chi connectivity index (χ1) is 12.8. The third-order valence-corrected chi connectivity index (χ3v) is 4.55. The van der Waals surface area contributed by atoms with Crippen molar-refractivity contribution in [2.45, 2.75) is 26.9 Å². The van der Waals surface area contributed by atoms with Crippen LogP contribution in [-0.2, 0) is 14.3 Å². The summed E-state index contributed by atoms with van der Waals surface area (Å²) < 4.78 is 15.7. The van der Waals surface area contributed by atoms with Crippen molar-refractivity contribution >= 4 is 46.6 Å². The van der Waals surface area contributed by atoms with Crippen LogP contribution in [0.25, 0.3) is 6.08 Å². The molecule has 146 valence electrons. The first kappa shape index (κ1) is 21.1. The Morgan fingerprint density at radius 3 is 2.63 bits per heavy atom. The van der Waals surface area contributed by atoms with Crippen molar-refractivity contribution in [2.75, 3.05) is 20.3 Å². The molecule has 1 aromatic rings. The van der Waals surface area contributed by atoms with E-state index < -0.39 is 23.7 Å². The van der Waals surface area contributed by atoms with Crippen LogP contribution in [0.1, 0.15) is 26.3 Å². The molecule has 0 bridgehead atoms. The van der Waals surface area contributed by atoms with Gasteiger partial charge in [0.05, 0.1) is 29.7 Å². The molecule has 0 radical (unpaired) electrons. The highest BCUT2D eigenvalue weighted by Gasteiger charge is 2.36. The number of rotatable bonds is 7. The molecule has 0 atom stereocenters. The summed E-state index contributed by atoms with van der Waals surface area (Å²) in [6.45, 7) is 5.18. The molecular formula is C18H20ClNO6S. The molecule has 0 N–H and O–H groups in total. The van der Waals surface area contributed by atoms with E-state index in [0.29, 0.717) is 28.7 Å². The fraction of sp³-hybridized carbons (Fsp3) is 0.389. The molecule has 0 unspecified atom stereocenters. The Labute approximate surface area is 166 Å². The number of thioether (sulfide) groups is 1. The normalized spacial score (nSPS) is 15.6. The summed E-state index contributed by atoms with van der Waals surface area (Å²) in [7, 11) is 1.48. The van der Waals surface area contributed by atoms with E-state index >= 15 is 0 Å². The fourth-order valence-electron chi connectivity index (χ4n) is 2.35. The standard InChI is InChI=1S/C18H20ClNO6S/c1-5-25-13-7-11(6-12(19)16(13)24-4)8-14-17(22)20(18(23)27-14)9-15(21)26-10(2)3/h6-8,10H,5,9H2,1-4H3/b14-8+. The smallest absolute Gasteiger partial charge is 0.326 e. The molecule has 27 heavy (non-hydrogen) atoms. The maximum Gasteiger partial charge on any atom is 0.326 e. The van der Waals surface area contributed by atoms with Gasteiger partial charge in [-0.2, -0.15) is 0 Å². The number of hydrogen-bond donors (Lipinski definition) is 0. The molecule has 2 rings (SSSR count). The van der Waals surface area contributed by atoms with Crippen molar-refractivity contribution in [3.63, 3.8) is 0 Å². The van der Waals surface area contributed by atoms with E-state index in [4.69, 9.17) is 25.8 Å². The molecule has 0 spiro atoms. The van der Waals surface area contributed by atoms with Crippen molar-refractivity contribution in [1.82, 2.24) is 4.90 Å². The zero-order valence-electron chi connectivity index (χ0n) is 15.4. The predicted octanol–water partition coefficient (Wildman–Crippen LogP) is 3.74. The van der Waals surface area contributed by atoms with Crippen molar-refractivity contribution in [3.05, 3.63) is 27.6 Å². The SMILES string of the molecule is CCOc1cc(/C=C2/SC(=O)N(CC(=O)OC(C)C)C2=O)cc(Cl)c1OC. The Hall–Kier alpha value is -2.19. The summed E-state index contributed by atoms with van der Waals surface area (Å²) in [5, 5.41) is -0.217. The molecule has 9 heteroatoms. The van der Waals surface area contributed by atoms with Gasteiger partial charge in [-0.25, -0.2) is 0 Å². The van der Waals surface area contributed by atoms with Crippen LogP contribution in [0.2, 0.25) is 5.02 Å². The van der Waals surface area contributed by atoms with Crippen LogP contribution in [0.5, 0.6) is 11.5 Å². The minimum absolute atomic E-state index is 0.182. The van der Waals surface area contributed by atoms with Crippen LogP contribution in [0.4, 0.5) is 4.79 Å². The second kappa shape index (κ2) is 9.14. The zero-order valence-corrected chi connectivity index (χ0v) is 17.0. The largest absolute Gasteiger partial charge is 0.491 e. The second-order valence-electron chi connectivity index (χ2n) is 5.77. The predicted molar refractivity (Wildman–Crippen MR) is 103 cm³/mol. The maximum absolute atomic E-state index is 12.5. The highest BCUT2D eigenvalue weighted by Crippen LogP contribution is 2.38. The van der Waals surface area contributed by atoms with Crippen molar-refractivity contribution in [2.24, 2.45) is 0 Å². The van der Waals surface area contributed by atoms with Crippen molar-refractivity contribution in [1.29, 1.82) is 0 Å². The van der Waals surface area contributed by atoms with Crippen molar-refractivity contribution < 1.29 is 28.6 Å². The molecule has 0 aliphatic carbocycles. The topological polar surface area (TPSA) is 82.1 Å². The molecule has 1 aliphatic rings. The average molecular weight is 414 g/mol. The summed E-state index contributed by atoms with van der Waals surface area (Å²) in [5.41, 5.74) is 0.569. The molecule has 1 saturated heterocycles. The summed E-state index contributed by atoms with van der Waals surface area (Å²) in [4.78, 5) is 37.4. The van der Waals surface area contributed by atoms with Gasteiger partial charge in [0, 0.05) is 0 Å². The molecule has 1 aliphatic heterocycles. The fourth-order valence-corrected chi connectivity index (χ4v) is 3.48. The van der Waals surface area contributed by atoms with Gasteiger partial charge in [-0.15, -0.1) is 0 Å². The van der Waals surface area contributed by atoms with Gasteiger partial charge in [0.15, 0.2) is 11.5 Å². The van der Waals surface area contributed by atoms with Gasteiger partial charge >= 0.3 is 5.97 Å². The molecule has 1 fully saturated rings. The lowest BCUT2D eigenvalue weighted by Crippen LogP contribution is -2.35. The summed E-state index contributed by atoms with van der Waals surface area (Å²) in [5.74, 6) is -0.381. The quantitative estimate of drug-likeness (QED) is 0.497. The summed E-state index contributed by atoms with van der Waals surface area (Å²) >= 11 is 6.95. The number of carbonyl (C=O) groups is 3. The Balaban J connectivity index is 2.26. The van der Waals surface area contributed by atoms with Crippen LogP contribution in [0.3, 0.4) is 0 Å². The van der Waals surface area contributed by atoms with E-state index in [9.17, 15) is 14.4 Å². The number of carbonyl (C=O) groups excluding carboxylic acids is 3. The molecule has 1 heterocycles. The third kappa shape index (κ3) is 5.17. The lowest BCUT2D eigenvalue weighted by atomic mass is 10.1. The molecule has 2 amide bonds. The first-order valence-electron chi connectivity index (χ1n) is 8.22. The number of methoxy groups -OCH3 is 1. The summed E-state index contributed by atoms with van der Waals surface area (Å²) in [6, 6.07) is 3.26. The van der Waals surface area contributed by atoms with E-state index in [0.717, 1.165) is 16.7 Å². The number of benzene rings is 1. The van der Waals surface area contributed by atoms with Crippen LogP contribution >= 0.6 is 23.4 Å².